The third-order valence-corrected chi connectivity index (χ3v) is 6.40. The minimum atomic E-state index is -0.250. The molecule has 1 atom stereocenters. The number of ether oxygens (including phenoxy) is 1. The number of benzene rings is 3. The Balaban J connectivity index is 1.59. The smallest absolute Gasteiger partial charge is 0.322 e. The molecule has 0 fully saturated rings. The SMILES string of the molecule is COc1ccc(C2c3[nH]c4ccc(Cl)cc4c3CCN2C(=O)Nc2ccccc2C)cc1. The van der Waals surface area contributed by atoms with Crippen LogP contribution in [0.3, 0.4) is 0 Å². The summed E-state index contributed by atoms with van der Waals surface area (Å²) in [6.45, 7) is 2.59. The highest BCUT2D eigenvalue weighted by molar-refractivity contribution is 6.31. The van der Waals surface area contributed by atoms with Crippen LogP contribution in [0.15, 0.2) is 66.7 Å². The fraction of sp³-hybridized carbons (Fsp3) is 0.192. The van der Waals surface area contributed by atoms with Crippen LogP contribution in [-0.4, -0.2) is 29.6 Å². The van der Waals surface area contributed by atoms with Gasteiger partial charge in [-0.25, -0.2) is 4.79 Å². The van der Waals surface area contributed by atoms with Crippen LogP contribution in [0.2, 0.25) is 5.02 Å². The monoisotopic (exact) mass is 445 g/mol. The number of halogens is 1. The van der Waals surface area contributed by atoms with Gasteiger partial charge in [-0.3, -0.25) is 0 Å². The number of hydrogen-bond donors (Lipinski definition) is 2. The van der Waals surface area contributed by atoms with Gasteiger partial charge in [0, 0.05) is 33.9 Å². The van der Waals surface area contributed by atoms with E-state index in [0.29, 0.717) is 11.6 Å². The second-order valence-corrected chi connectivity index (χ2v) is 8.51. The molecule has 1 aliphatic rings. The minimum Gasteiger partial charge on any atom is -0.497 e. The van der Waals surface area contributed by atoms with Crippen molar-refractivity contribution in [3.8, 4) is 5.75 Å². The van der Waals surface area contributed by atoms with E-state index in [-0.39, 0.29) is 12.1 Å². The van der Waals surface area contributed by atoms with Crippen molar-refractivity contribution >= 4 is 34.2 Å². The van der Waals surface area contributed by atoms with E-state index in [4.69, 9.17) is 16.3 Å². The number of nitrogens with zero attached hydrogens (tertiary/aromatic N) is 1. The normalized spacial score (nSPS) is 15.5. The molecular weight excluding hydrogens is 422 g/mol. The Morgan fingerprint density at radius 3 is 2.66 bits per heavy atom. The number of anilines is 1. The number of aryl methyl sites for hydroxylation is 1. The van der Waals surface area contributed by atoms with Crippen molar-refractivity contribution in [2.24, 2.45) is 0 Å². The first-order chi connectivity index (χ1) is 15.5. The first-order valence-corrected chi connectivity index (χ1v) is 11.0. The number of carbonyl (C=O) groups excluding carboxylic acids is 1. The van der Waals surface area contributed by atoms with Gasteiger partial charge in [0.15, 0.2) is 0 Å². The van der Waals surface area contributed by atoms with Crippen molar-refractivity contribution < 1.29 is 9.53 Å². The largest absolute Gasteiger partial charge is 0.497 e. The standard InChI is InChI=1S/C26H24ClN3O2/c1-16-5-3-4-6-22(16)29-26(31)30-14-13-20-21-15-18(27)9-12-23(21)28-24(20)25(30)17-7-10-19(32-2)11-8-17/h3-12,15,25,28H,13-14H2,1-2H3,(H,29,31). The fourth-order valence-electron chi connectivity index (χ4n) is 4.51. The molecule has 0 saturated carbocycles. The highest BCUT2D eigenvalue weighted by Crippen LogP contribution is 2.39. The zero-order chi connectivity index (χ0) is 22.2. The molecule has 32 heavy (non-hydrogen) atoms. The van der Waals surface area contributed by atoms with Crippen LogP contribution in [0.5, 0.6) is 5.75 Å². The van der Waals surface area contributed by atoms with Gasteiger partial charge in [-0.1, -0.05) is 41.9 Å². The van der Waals surface area contributed by atoms with E-state index < -0.39 is 0 Å². The van der Waals surface area contributed by atoms with Crippen LogP contribution < -0.4 is 10.1 Å². The number of hydrogen-bond acceptors (Lipinski definition) is 2. The van der Waals surface area contributed by atoms with Gasteiger partial charge in [0.1, 0.15) is 5.75 Å². The number of carbonyl (C=O) groups is 1. The number of H-pyrrole nitrogens is 1. The maximum atomic E-state index is 13.5. The van der Waals surface area contributed by atoms with Crippen molar-refractivity contribution in [2.45, 2.75) is 19.4 Å². The highest BCUT2D eigenvalue weighted by atomic mass is 35.5. The quantitative estimate of drug-likeness (QED) is 0.387. The number of methoxy groups -OCH3 is 1. The lowest BCUT2D eigenvalue weighted by molar-refractivity contribution is 0.193. The molecule has 2 heterocycles. The third-order valence-electron chi connectivity index (χ3n) is 6.17. The van der Waals surface area contributed by atoms with Crippen molar-refractivity contribution in [3.63, 3.8) is 0 Å². The summed E-state index contributed by atoms with van der Waals surface area (Å²) in [6, 6.07) is 21.2. The molecule has 4 aromatic rings. The van der Waals surface area contributed by atoms with Crippen molar-refractivity contribution in [3.05, 3.63) is 94.1 Å². The molecule has 1 aromatic heterocycles. The van der Waals surface area contributed by atoms with Gasteiger partial charge >= 0.3 is 6.03 Å². The van der Waals surface area contributed by atoms with E-state index in [1.54, 1.807) is 7.11 Å². The summed E-state index contributed by atoms with van der Waals surface area (Å²) in [5, 5.41) is 4.93. The zero-order valence-corrected chi connectivity index (χ0v) is 18.7. The number of amides is 2. The maximum Gasteiger partial charge on any atom is 0.322 e. The van der Waals surface area contributed by atoms with Crippen LogP contribution >= 0.6 is 11.6 Å². The van der Waals surface area contributed by atoms with Crippen molar-refractivity contribution in [1.82, 2.24) is 9.88 Å². The molecule has 3 aromatic carbocycles. The number of rotatable bonds is 3. The summed E-state index contributed by atoms with van der Waals surface area (Å²) < 4.78 is 5.34. The summed E-state index contributed by atoms with van der Waals surface area (Å²) in [5.74, 6) is 0.782. The van der Waals surface area contributed by atoms with E-state index in [1.807, 2.05) is 78.6 Å². The molecule has 0 bridgehead atoms. The van der Waals surface area contributed by atoms with Gasteiger partial charge in [-0.2, -0.15) is 0 Å². The molecule has 0 saturated heterocycles. The van der Waals surface area contributed by atoms with E-state index in [9.17, 15) is 4.79 Å². The number of fused-ring (bicyclic) bond motifs is 3. The van der Waals surface area contributed by atoms with Crippen LogP contribution in [0.1, 0.15) is 28.4 Å². The van der Waals surface area contributed by atoms with Gasteiger partial charge in [-0.05, 0) is 66.4 Å². The van der Waals surface area contributed by atoms with Gasteiger partial charge in [0.25, 0.3) is 0 Å². The number of aromatic nitrogens is 1. The van der Waals surface area contributed by atoms with Gasteiger partial charge < -0.3 is 19.9 Å². The van der Waals surface area contributed by atoms with Crippen molar-refractivity contribution in [2.75, 3.05) is 19.0 Å². The molecule has 1 unspecified atom stereocenters. The van der Waals surface area contributed by atoms with E-state index in [2.05, 4.69) is 10.3 Å². The third kappa shape index (κ3) is 3.59. The molecular formula is C26H24ClN3O2. The van der Waals surface area contributed by atoms with Crippen LogP contribution in [0.4, 0.5) is 10.5 Å². The number of urea groups is 1. The van der Waals surface area contributed by atoms with Crippen LogP contribution in [0.25, 0.3) is 10.9 Å². The molecule has 2 amide bonds. The van der Waals surface area contributed by atoms with E-state index >= 15 is 0 Å². The molecule has 6 heteroatoms. The Morgan fingerprint density at radius 2 is 1.91 bits per heavy atom. The summed E-state index contributed by atoms with van der Waals surface area (Å²) >= 11 is 6.29. The molecule has 5 rings (SSSR count). The second-order valence-electron chi connectivity index (χ2n) is 8.07. The number of nitrogens with one attached hydrogen (secondary N) is 2. The molecule has 0 spiro atoms. The fourth-order valence-corrected chi connectivity index (χ4v) is 4.68. The Hall–Kier alpha value is -3.44. The average molecular weight is 446 g/mol. The van der Waals surface area contributed by atoms with Gasteiger partial charge in [0.05, 0.1) is 13.2 Å². The first-order valence-electron chi connectivity index (χ1n) is 10.6. The lowest BCUT2D eigenvalue weighted by atomic mass is 9.92. The Morgan fingerprint density at radius 1 is 1.12 bits per heavy atom. The van der Waals surface area contributed by atoms with E-state index in [1.165, 1.54) is 5.56 Å². The lowest BCUT2D eigenvalue weighted by Gasteiger charge is -2.36. The number of aromatic amines is 1. The Bertz CT molecular complexity index is 1300. The second kappa shape index (κ2) is 8.24. The maximum absolute atomic E-state index is 13.5. The molecule has 0 aliphatic carbocycles. The van der Waals surface area contributed by atoms with Crippen LogP contribution in [0, 0.1) is 6.92 Å². The molecule has 162 valence electrons. The summed E-state index contributed by atoms with van der Waals surface area (Å²) in [5.41, 5.74) is 6.13. The van der Waals surface area contributed by atoms with Gasteiger partial charge in [0.2, 0.25) is 0 Å². The predicted octanol–water partition coefficient (Wildman–Crippen LogP) is 6.32. The predicted molar refractivity (Wildman–Crippen MR) is 129 cm³/mol. The van der Waals surface area contributed by atoms with E-state index in [0.717, 1.165) is 45.6 Å². The average Bonchev–Trinajstić information content (AvgIpc) is 3.18. The zero-order valence-electron chi connectivity index (χ0n) is 18.0. The topological polar surface area (TPSA) is 57.4 Å². The van der Waals surface area contributed by atoms with Crippen LogP contribution in [-0.2, 0) is 6.42 Å². The Kier molecular flexibility index (Phi) is 5.27. The number of para-hydroxylation sites is 1. The minimum absolute atomic E-state index is 0.123. The summed E-state index contributed by atoms with van der Waals surface area (Å²) in [6.07, 6.45) is 0.753. The summed E-state index contributed by atoms with van der Waals surface area (Å²) in [4.78, 5) is 18.9. The molecule has 2 N–H and O–H groups in total. The highest BCUT2D eigenvalue weighted by Gasteiger charge is 2.34. The van der Waals surface area contributed by atoms with Gasteiger partial charge in [-0.15, -0.1) is 0 Å². The lowest BCUT2D eigenvalue weighted by Crippen LogP contribution is -2.43. The first kappa shape index (κ1) is 20.5. The molecule has 5 nitrogen and oxygen atoms in total. The molecule has 0 radical (unpaired) electrons. The summed E-state index contributed by atoms with van der Waals surface area (Å²) in [7, 11) is 1.65. The Labute approximate surface area is 192 Å². The molecule has 1 aliphatic heterocycles. The van der Waals surface area contributed by atoms with Crippen molar-refractivity contribution in [1.29, 1.82) is 0 Å².